The highest BCUT2D eigenvalue weighted by molar-refractivity contribution is 6.46. The number of aliphatic hydroxyl groups excluding tert-OH is 1. The molecule has 0 bridgehead atoms. The summed E-state index contributed by atoms with van der Waals surface area (Å²) in [5.74, 6) is -1.82. The molecule has 30 heavy (non-hydrogen) atoms. The third-order valence-corrected chi connectivity index (χ3v) is 5.18. The molecule has 2 aromatic carbocycles. The van der Waals surface area contributed by atoms with Gasteiger partial charge in [0.05, 0.1) is 39.4 Å². The lowest BCUT2D eigenvalue weighted by molar-refractivity contribution is -0.858. The van der Waals surface area contributed by atoms with Crippen LogP contribution in [-0.4, -0.2) is 56.0 Å². The van der Waals surface area contributed by atoms with E-state index in [0.717, 1.165) is 6.54 Å². The molecule has 6 nitrogen and oxygen atoms in total. The van der Waals surface area contributed by atoms with E-state index in [9.17, 15) is 19.1 Å². The first-order valence-corrected chi connectivity index (χ1v) is 9.81. The molecule has 1 atom stereocenters. The van der Waals surface area contributed by atoms with E-state index in [0.29, 0.717) is 17.7 Å². The van der Waals surface area contributed by atoms with E-state index in [2.05, 4.69) is 0 Å². The van der Waals surface area contributed by atoms with Gasteiger partial charge in [0.15, 0.2) is 0 Å². The standard InChI is InChI=1S/C23H25FN2O4/c1-25(2)13-6-14-26-20(17-7-4-5-8-18(17)24)19(22(28)23(26)29)21(27)15-9-11-16(30-3)12-10-15/h4-5,7-12,20,27H,6,13-14H2,1-3H3/p+1/t20-/m1/s1. The van der Waals surface area contributed by atoms with Crippen LogP contribution in [0, 0.1) is 5.82 Å². The first-order chi connectivity index (χ1) is 14.3. The van der Waals surface area contributed by atoms with Crippen molar-refractivity contribution in [2.45, 2.75) is 12.5 Å². The van der Waals surface area contributed by atoms with E-state index in [1.165, 1.54) is 29.0 Å². The highest BCUT2D eigenvalue weighted by Crippen LogP contribution is 2.40. The Morgan fingerprint density at radius 3 is 2.40 bits per heavy atom. The van der Waals surface area contributed by atoms with Crippen LogP contribution in [0.3, 0.4) is 0 Å². The largest absolute Gasteiger partial charge is 0.507 e. The summed E-state index contributed by atoms with van der Waals surface area (Å²) in [7, 11) is 5.51. The number of nitrogens with zero attached hydrogens (tertiary/aromatic N) is 1. The number of carbonyl (C=O) groups is 2. The topological polar surface area (TPSA) is 71.3 Å². The maximum atomic E-state index is 14.7. The summed E-state index contributed by atoms with van der Waals surface area (Å²) in [6, 6.07) is 11.5. The molecule has 0 radical (unpaired) electrons. The Bertz CT molecular complexity index is 969. The van der Waals surface area contributed by atoms with E-state index < -0.39 is 23.5 Å². The predicted molar refractivity (Wildman–Crippen MR) is 111 cm³/mol. The Morgan fingerprint density at radius 1 is 1.13 bits per heavy atom. The molecule has 1 amide bonds. The number of ketones is 1. The Balaban J connectivity index is 2.09. The van der Waals surface area contributed by atoms with Crippen molar-refractivity contribution < 1.29 is 28.7 Å². The monoisotopic (exact) mass is 413 g/mol. The highest BCUT2D eigenvalue weighted by Gasteiger charge is 2.46. The third kappa shape index (κ3) is 4.21. The summed E-state index contributed by atoms with van der Waals surface area (Å²) < 4.78 is 19.8. The molecule has 1 saturated heterocycles. The van der Waals surface area contributed by atoms with Crippen molar-refractivity contribution in [2.24, 2.45) is 0 Å². The summed E-state index contributed by atoms with van der Waals surface area (Å²) in [5.41, 5.74) is 0.435. The van der Waals surface area contributed by atoms with Crippen LogP contribution in [-0.2, 0) is 9.59 Å². The highest BCUT2D eigenvalue weighted by atomic mass is 19.1. The number of hydrogen-bond acceptors (Lipinski definition) is 4. The summed E-state index contributed by atoms with van der Waals surface area (Å²) in [6.07, 6.45) is 0.642. The number of rotatable bonds is 7. The average Bonchev–Trinajstić information content (AvgIpc) is 2.98. The maximum Gasteiger partial charge on any atom is 0.295 e. The Kier molecular flexibility index (Phi) is 6.52. The smallest absolute Gasteiger partial charge is 0.295 e. The molecular weight excluding hydrogens is 387 g/mol. The molecule has 7 heteroatoms. The van der Waals surface area contributed by atoms with Gasteiger partial charge in [-0.3, -0.25) is 9.59 Å². The number of likely N-dealkylation sites (tertiary alicyclic amines) is 1. The van der Waals surface area contributed by atoms with E-state index in [1.807, 2.05) is 14.1 Å². The number of aliphatic hydroxyl groups is 1. The van der Waals surface area contributed by atoms with Crippen molar-refractivity contribution in [3.63, 3.8) is 0 Å². The van der Waals surface area contributed by atoms with Gasteiger partial charge in [-0.25, -0.2) is 4.39 Å². The van der Waals surface area contributed by atoms with Crippen LogP contribution in [0.1, 0.15) is 23.6 Å². The molecule has 0 unspecified atom stereocenters. The van der Waals surface area contributed by atoms with Gasteiger partial charge in [-0.05, 0) is 30.3 Å². The van der Waals surface area contributed by atoms with Crippen molar-refractivity contribution in [3.8, 4) is 5.75 Å². The second kappa shape index (κ2) is 9.09. The van der Waals surface area contributed by atoms with E-state index in [-0.39, 0.29) is 23.4 Å². The minimum atomic E-state index is -0.981. The Hall–Kier alpha value is -3.19. The number of Topliss-reactive ketones (excluding diaryl/α,β-unsaturated/α-hetero) is 1. The van der Waals surface area contributed by atoms with Crippen LogP contribution < -0.4 is 9.64 Å². The van der Waals surface area contributed by atoms with Crippen molar-refractivity contribution in [1.82, 2.24) is 4.90 Å². The number of methoxy groups -OCH3 is 1. The van der Waals surface area contributed by atoms with Gasteiger partial charge in [0.1, 0.15) is 17.3 Å². The molecule has 1 heterocycles. The van der Waals surface area contributed by atoms with Crippen LogP contribution in [0.2, 0.25) is 0 Å². The van der Waals surface area contributed by atoms with E-state index in [4.69, 9.17) is 4.74 Å². The van der Waals surface area contributed by atoms with E-state index >= 15 is 0 Å². The van der Waals surface area contributed by atoms with Crippen LogP contribution in [0.4, 0.5) is 4.39 Å². The average molecular weight is 413 g/mol. The molecule has 1 aliphatic rings. The molecular formula is C23H26FN2O4+. The molecule has 0 aliphatic carbocycles. The summed E-state index contributed by atoms with van der Waals surface area (Å²) in [6.45, 7) is 1.07. The van der Waals surface area contributed by atoms with Crippen molar-refractivity contribution in [1.29, 1.82) is 0 Å². The minimum absolute atomic E-state index is 0.104. The number of hydrogen-bond donors (Lipinski definition) is 2. The number of nitrogens with one attached hydrogen (secondary N) is 1. The number of quaternary nitrogens is 1. The number of ether oxygens (including phenoxy) is 1. The Labute approximate surface area is 175 Å². The number of halogens is 1. The first-order valence-electron chi connectivity index (χ1n) is 9.81. The van der Waals surface area contributed by atoms with Gasteiger partial charge in [-0.15, -0.1) is 0 Å². The lowest BCUT2D eigenvalue weighted by Crippen LogP contribution is -3.05. The lowest BCUT2D eigenvalue weighted by atomic mass is 9.95. The van der Waals surface area contributed by atoms with Gasteiger partial charge in [0, 0.05) is 24.1 Å². The van der Waals surface area contributed by atoms with Crippen LogP contribution in [0.25, 0.3) is 5.76 Å². The zero-order valence-electron chi connectivity index (χ0n) is 17.3. The van der Waals surface area contributed by atoms with Crippen molar-refractivity contribution >= 4 is 17.4 Å². The van der Waals surface area contributed by atoms with Crippen LogP contribution in [0.5, 0.6) is 5.75 Å². The SMILES string of the molecule is COc1ccc(C(O)=C2C(=O)C(=O)N(CCC[NH+](C)C)[C@@H]2c2ccccc2F)cc1. The van der Waals surface area contributed by atoms with Gasteiger partial charge in [0.25, 0.3) is 11.7 Å². The molecule has 1 fully saturated rings. The molecule has 3 rings (SSSR count). The molecule has 2 N–H and O–H groups in total. The Morgan fingerprint density at radius 2 is 1.80 bits per heavy atom. The molecule has 0 aromatic heterocycles. The number of amides is 1. The summed E-state index contributed by atoms with van der Waals surface area (Å²) >= 11 is 0. The maximum absolute atomic E-state index is 14.7. The molecule has 158 valence electrons. The van der Waals surface area contributed by atoms with Gasteiger partial charge >= 0.3 is 0 Å². The second-order valence-electron chi connectivity index (χ2n) is 7.55. The normalized spacial score (nSPS) is 18.3. The van der Waals surface area contributed by atoms with Crippen LogP contribution in [0.15, 0.2) is 54.1 Å². The van der Waals surface area contributed by atoms with Crippen molar-refractivity contribution in [3.05, 3.63) is 71.0 Å². The van der Waals surface area contributed by atoms with Gasteiger partial charge in [-0.1, -0.05) is 18.2 Å². The summed E-state index contributed by atoms with van der Waals surface area (Å²) in [5, 5.41) is 10.9. The van der Waals surface area contributed by atoms with Gasteiger partial charge in [0.2, 0.25) is 0 Å². The third-order valence-electron chi connectivity index (χ3n) is 5.18. The second-order valence-corrected chi connectivity index (χ2v) is 7.55. The van der Waals surface area contributed by atoms with Gasteiger partial charge in [-0.2, -0.15) is 0 Å². The zero-order valence-corrected chi connectivity index (χ0v) is 17.3. The fourth-order valence-corrected chi connectivity index (χ4v) is 3.64. The summed E-state index contributed by atoms with van der Waals surface area (Å²) in [4.78, 5) is 28.2. The van der Waals surface area contributed by atoms with E-state index in [1.54, 1.807) is 36.4 Å². The minimum Gasteiger partial charge on any atom is -0.507 e. The van der Waals surface area contributed by atoms with Crippen molar-refractivity contribution in [2.75, 3.05) is 34.3 Å². The molecule has 0 spiro atoms. The number of carbonyl (C=O) groups excluding carboxylic acids is 2. The quantitative estimate of drug-likeness (QED) is 0.413. The fourth-order valence-electron chi connectivity index (χ4n) is 3.64. The lowest BCUT2D eigenvalue weighted by Gasteiger charge is -2.25. The fraction of sp³-hybridized carbons (Fsp3) is 0.304. The molecule has 1 aliphatic heterocycles. The number of benzene rings is 2. The zero-order chi connectivity index (χ0) is 21.8. The van der Waals surface area contributed by atoms with Gasteiger partial charge < -0.3 is 19.6 Å². The molecule has 0 saturated carbocycles. The molecule has 2 aromatic rings. The predicted octanol–water partition coefficient (Wildman–Crippen LogP) is 1.79. The van der Waals surface area contributed by atoms with Crippen LogP contribution >= 0.6 is 0 Å². The first kappa shape index (κ1) is 21.5.